The summed E-state index contributed by atoms with van der Waals surface area (Å²) in [5.74, 6) is 1.17. The van der Waals surface area contributed by atoms with Crippen LogP contribution in [0, 0.1) is 0 Å². The van der Waals surface area contributed by atoms with Crippen LogP contribution in [0.5, 0.6) is 5.75 Å². The molecular formula is C22H21Cl3N4O2S. The molecular weight excluding hydrogens is 491 g/mol. The molecule has 1 unspecified atom stereocenters. The fourth-order valence-electron chi connectivity index (χ4n) is 2.81. The number of allylic oxidation sites excluding steroid dienone is 1. The maximum Gasteiger partial charge on any atom is 0.230 e. The van der Waals surface area contributed by atoms with Crippen molar-refractivity contribution in [3.8, 4) is 5.75 Å². The fraction of sp³-hybridized carbons (Fsp3) is 0.227. The monoisotopic (exact) mass is 510 g/mol. The summed E-state index contributed by atoms with van der Waals surface area (Å²) in [7, 11) is 0. The van der Waals surface area contributed by atoms with Gasteiger partial charge in [-0.2, -0.15) is 0 Å². The number of carbonyl (C=O) groups excluding carboxylic acids is 1. The zero-order valence-corrected chi connectivity index (χ0v) is 20.3. The van der Waals surface area contributed by atoms with Crippen LogP contribution in [-0.2, 0) is 17.9 Å². The lowest BCUT2D eigenvalue weighted by molar-refractivity contribution is -0.118. The SMILES string of the molecule is C=CCn1c(SCC(=O)NCc2ccc(Cl)cc2)nnc1C(C)Oc1ccc(Cl)cc1Cl. The number of aromatic nitrogens is 3. The number of amides is 1. The largest absolute Gasteiger partial charge is 0.481 e. The first-order chi connectivity index (χ1) is 15.4. The molecule has 1 amide bonds. The lowest BCUT2D eigenvalue weighted by Gasteiger charge is -2.16. The van der Waals surface area contributed by atoms with Crippen molar-refractivity contribution in [1.29, 1.82) is 0 Å². The average Bonchev–Trinajstić information content (AvgIpc) is 3.17. The molecule has 1 atom stereocenters. The van der Waals surface area contributed by atoms with Gasteiger partial charge >= 0.3 is 0 Å². The zero-order chi connectivity index (χ0) is 23.1. The van der Waals surface area contributed by atoms with Crippen LogP contribution in [0.2, 0.25) is 15.1 Å². The van der Waals surface area contributed by atoms with E-state index < -0.39 is 6.10 Å². The number of benzene rings is 2. The Morgan fingerprint density at radius 3 is 2.59 bits per heavy atom. The molecule has 168 valence electrons. The predicted octanol–water partition coefficient (Wildman–Crippen LogP) is 5.97. The molecule has 10 heteroatoms. The molecule has 0 bridgehead atoms. The van der Waals surface area contributed by atoms with Gasteiger partial charge in [0.15, 0.2) is 17.1 Å². The van der Waals surface area contributed by atoms with Crippen molar-refractivity contribution in [2.75, 3.05) is 5.75 Å². The second kappa shape index (κ2) is 11.6. The molecule has 2 aromatic carbocycles. The van der Waals surface area contributed by atoms with Gasteiger partial charge in [-0.1, -0.05) is 64.8 Å². The van der Waals surface area contributed by atoms with Crippen LogP contribution in [0.3, 0.4) is 0 Å². The summed E-state index contributed by atoms with van der Waals surface area (Å²) in [5.41, 5.74) is 0.969. The van der Waals surface area contributed by atoms with Gasteiger partial charge in [0.1, 0.15) is 5.75 Å². The first kappa shape index (κ1) is 24.5. The Kier molecular flexibility index (Phi) is 8.87. The number of rotatable bonds is 10. The molecule has 0 aliphatic heterocycles. The standard InChI is InChI=1S/C22H21Cl3N4O2S/c1-3-10-29-21(14(2)31-19-9-8-17(24)11-18(19)25)27-28-22(29)32-13-20(30)26-12-15-4-6-16(23)7-5-15/h3-9,11,14H,1,10,12-13H2,2H3,(H,26,30). The predicted molar refractivity (Wildman–Crippen MR) is 130 cm³/mol. The van der Waals surface area contributed by atoms with Crippen LogP contribution in [-0.4, -0.2) is 26.4 Å². The number of halogens is 3. The number of nitrogens with zero attached hydrogens (tertiary/aromatic N) is 3. The van der Waals surface area contributed by atoms with Gasteiger partial charge in [-0.3, -0.25) is 9.36 Å². The number of hydrogen-bond donors (Lipinski definition) is 1. The third kappa shape index (κ3) is 6.65. The summed E-state index contributed by atoms with van der Waals surface area (Å²) < 4.78 is 7.82. The minimum Gasteiger partial charge on any atom is -0.481 e. The summed E-state index contributed by atoms with van der Waals surface area (Å²) in [6.07, 6.45) is 1.30. The van der Waals surface area contributed by atoms with E-state index in [1.807, 2.05) is 23.6 Å². The number of nitrogens with one attached hydrogen (secondary N) is 1. The summed E-state index contributed by atoms with van der Waals surface area (Å²) in [4.78, 5) is 12.3. The highest BCUT2D eigenvalue weighted by atomic mass is 35.5. The van der Waals surface area contributed by atoms with Gasteiger partial charge in [-0.05, 0) is 42.8 Å². The number of carbonyl (C=O) groups is 1. The highest BCUT2D eigenvalue weighted by Gasteiger charge is 2.20. The quantitative estimate of drug-likeness (QED) is 0.268. The highest BCUT2D eigenvalue weighted by Crippen LogP contribution is 2.31. The van der Waals surface area contributed by atoms with Crippen LogP contribution in [0.15, 0.2) is 60.3 Å². The Bertz CT molecular complexity index is 1090. The van der Waals surface area contributed by atoms with Crippen LogP contribution < -0.4 is 10.1 Å². The molecule has 0 aliphatic rings. The van der Waals surface area contributed by atoms with Gasteiger partial charge in [-0.25, -0.2) is 0 Å². The summed E-state index contributed by atoms with van der Waals surface area (Å²) >= 11 is 19.3. The Morgan fingerprint density at radius 1 is 1.19 bits per heavy atom. The maximum atomic E-state index is 12.3. The van der Waals surface area contributed by atoms with E-state index in [0.717, 1.165) is 5.56 Å². The van der Waals surface area contributed by atoms with E-state index in [1.54, 1.807) is 36.4 Å². The normalized spacial score (nSPS) is 11.8. The van der Waals surface area contributed by atoms with Gasteiger partial charge < -0.3 is 10.1 Å². The molecule has 1 heterocycles. The van der Waals surface area contributed by atoms with Crippen molar-refractivity contribution in [3.05, 3.63) is 81.6 Å². The molecule has 0 saturated heterocycles. The molecule has 3 aromatic rings. The summed E-state index contributed by atoms with van der Waals surface area (Å²) in [6.45, 7) is 6.54. The smallest absolute Gasteiger partial charge is 0.230 e. The van der Waals surface area contributed by atoms with Crippen molar-refractivity contribution in [2.45, 2.75) is 31.3 Å². The molecule has 0 radical (unpaired) electrons. The molecule has 0 aliphatic carbocycles. The Morgan fingerprint density at radius 2 is 1.91 bits per heavy atom. The number of thioether (sulfide) groups is 1. The summed E-state index contributed by atoms with van der Waals surface area (Å²) in [6, 6.07) is 12.3. The summed E-state index contributed by atoms with van der Waals surface area (Å²) in [5, 5.41) is 13.6. The second-order valence-electron chi connectivity index (χ2n) is 6.77. The fourth-order valence-corrected chi connectivity index (χ4v) is 4.17. The first-order valence-electron chi connectivity index (χ1n) is 9.67. The van der Waals surface area contributed by atoms with Gasteiger partial charge in [0.05, 0.1) is 10.8 Å². The van der Waals surface area contributed by atoms with E-state index in [0.29, 0.717) is 44.9 Å². The molecule has 0 saturated carbocycles. The Hall–Kier alpha value is -2.19. The molecule has 0 spiro atoms. The van der Waals surface area contributed by atoms with E-state index in [-0.39, 0.29) is 11.7 Å². The van der Waals surface area contributed by atoms with Crippen molar-refractivity contribution in [3.63, 3.8) is 0 Å². The van der Waals surface area contributed by atoms with Gasteiger partial charge in [0.25, 0.3) is 0 Å². The maximum absolute atomic E-state index is 12.3. The minimum absolute atomic E-state index is 0.114. The third-order valence-electron chi connectivity index (χ3n) is 4.35. The van der Waals surface area contributed by atoms with E-state index >= 15 is 0 Å². The number of ether oxygens (including phenoxy) is 1. The average molecular weight is 512 g/mol. The van der Waals surface area contributed by atoms with E-state index in [1.165, 1.54) is 11.8 Å². The lowest BCUT2D eigenvalue weighted by Crippen LogP contribution is -2.24. The van der Waals surface area contributed by atoms with E-state index in [2.05, 4.69) is 22.1 Å². The third-order valence-corrected chi connectivity index (χ3v) is 6.10. The van der Waals surface area contributed by atoms with Crippen LogP contribution in [0.4, 0.5) is 0 Å². The van der Waals surface area contributed by atoms with Crippen molar-refractivity contribution >= 4 is 52.5 Å². The minimum atomic E-state index is -0.436. The van der Waals surface area contributed by atoms with Gasteiger partial charge in [0, 0.05) is 23.1 Å². The Labute approximate surface area is 205 Å². The van der Waals surface area contributed by atoms with Crippen LogP contribution >= 0.6 is 46.6 Å². The van der Waals surface area contributed by atoms with Crippen molar-refractivity contribution in [1.82, 2.24) is 20.1 Å². The van der Waals surface area contributed by atoms with Crippen LogP contribution in [0.1, 0.15) is 24.4 Å². The Balaban J connectivity index is 1.62. The molecule has 1 aromatic heterocycles. The van der Waals surface area contributed by atoms with Crippen molar-refractivity contribution < 1.29 is 9.53 Å². The highest BCUT2D eigenvalue weighted by molar-refractivity contribution is 7.99. The number of hydrogen-bond acceptors (Lipinski definition) is 5. The second-order valence-corrected chi connectivity index (χ2v) is 8.99. The van der Waals surface area contributed by atoms with E-state index in [9.17, 15) is 4.79 Å². The molecule has 32 heavy (non-hydrogen) atoms. The topological polar surface area (TPSA) is 69.0 Å². The molecule has 3 rings (SSSR count). The zero-order valence-electron chi connectivity index (χ0n) is 17.2. The van der Waals surface area contributed by atoms with E-state index in [4.69, 9.17) is 39.5 Å². The van der Waals surface area contributed by atoms with Gasteiger partial charge in [0.2, 0.25) is 5.91 Å². The molecule has 0 fully saturated rings. The first-order valence-corrected chi connectivity index (χ1v) is 11.8. The van der Waals surface area contributed by atoms with Gasteiger partial charge in [-0.15, -0.1) is 16.8 Å². The lowest BCUT2D eigenvalue weighted by atomic mass is 10.2. The molecule has 6 nitrogen and oxygen atoms in total. The van der Waals surface area contributed by atoms with Crippen LogP contribution in [0.25, 0.3) is 0 Å². The molecule has 1 N–H and O–H groups in total. The van der Waals surface area contributed by atoms with Crippen molar-refractivity contribution in [2.24, 2.45) is 0 Å².